The average molecular weight is 190 g/mol. The monoisotopic (exact) mass is 189 g/mol. The van der Waals surface area contributed by atoms with Crippen molar-refractivity contribution in [3.8, 4) is 0 Å². The molecular weight excluding hydrogens is 187 g/mol. The van der Waals surface area contributed by atoms with E-state index in [2.05, 4.69) is 4.99 Å². The first-order valence-corrected chi connectivity index (χ1v) is 3.52. The number of isocyanates is 1. The van der Waals surface area contributed by atoms with E-state index in [1.54, 1.807) is 12.1 Å². The molecule has 0 unspecified atom stereocenters. The van der Waals surface area contributed by atoms with Gasteiger partial charge in [0.1, 0.15) is 0 Å². The van der Waals surface area contributed by atoms with Gasteiger partial charge >= 0.3 is 0 Å². The molecule has 4 heteroatoms. The lowest BCUT2D eigenvalue weighted by Crippen LogP contribution is -1.67. The zero-order chi connectivity index (χ0) is 8.27. The molecule has 0 atom stereocenters. The van der Waals surface area contributed by atoms with Crippen LogP contribution >= 0.6 is 23.2 Å². The minimum atomic E-state index is 0.378. The zero-order valence-electron chi connectivity index (χ0n) is 5.34. The molecule has 1 rings (SSSR count). The second kappa shape index (κ2) is 3.54. The minimum Gasteiger partial charge on any atom is -0.211 e. The first kappa shape index (κ1) is 8.28. The maximum absolute atomic E-state index is 9.80. The Balaban J connectivity index is 3.14. The molecule has 0 amide bonds. The molecule has 0 aromatic heterocycles. The van der Waals surface area contributed by atoms with Crippen molar-refractivity contribution in [2.45, 2.75) is 0 Å². The first-order valence-electron chi connectivity index (χ1n) is 2.77. The van der Waals surface area contributed by atoms with Gasteiger partial charge < -0.3 is 0 Å². The standard InChI is InChI=1S/C7H3Cl2NO/c8-6-2-1-5(10-4-11)3-7(6)9/h1-3H/i4+2. The van der Waals surface area contributed by atoms with Crippen LogP contribution in [0.3, 0.4) is 0 Å². The summed E-state index contributed by atoms with van der Waals surface area (Å²) in [6.07, 6.45) is 1.40. The predicted octanol–water partition coefficient (Wildman–Crippen LogP) is 2.96. The summed E-state index contributed by atoms with van der Waals surface area (Å²) in [6, 6.07) is 4.65. The molecule has 0 aliphatic heterocycles. The summed E-state index contributed by atoms with van der Waals surface area (Å²) in [5.41, 5.74) is 0.453. The van der Waals surface area contributed by atoms with E-state index < -0.39 is 0 Å². The second-order valence-corrected chi connectivity index (χ2v) is 2.62. The number of carbonyl (C=O) groups excluding carboxylic acids is 1. The Morgan fingerprint density at radius 1 is 1.27 bits per heavy atom. The molecular formula is C7H3Cl2NO. The minimum absolute atomic E-state index is 0.378. The summed E-state index contributed by atoms with van der Waals surface area (Å²) in [5, 5.41) is 0.819. The van der Waals surface area contributed by atoms with Gasteiger partial charge in [0.15, 0.2) is 0 Å². The van der Waals surface area contributed by atoms with E-state index in [9.17, 15) is 4.79 Å². The van der Waals surface area contributed by atoms with Crippen molar-refractivity contribution >= 4 is 35.0 Å². The van der Waals surface area contributed by atoms with Gasteiger partial charge in [-0.2, -0.15) is 4.99 Å². The Kier molecular flexibility index (Phi) is 2.66. The number of rotatable bonds is 1. The van der Waals surface area contributed by atoms with Crippen LogP contribution in [-0.2, 0) is 4.79 Å². The summed E-state index contributed by atoms with van der Waals surface area (Å²) >= 11 is 11.2. The highest BCUT2D eigenvalue weighted by Gasteiger charge is 1.96. The van der Waals surface area contributed by atoms with Crippen LogP contribution < -0.4 is 0 Å². The highest BCUT2D eigenvalue weighted by atomic mass is 35.5. The van der Waals surface area contributed by atoms with Gasteiger partial charge in [-0.15, -0.1) is 0 Å². The first-order chi connectivity index (χ1) is 5.24. The quantitative estimate of drug-likeness (QED) is 0.494. The molecule has 11 heavy (non-hydrogen) atoms. The van der Waals surface area contributed by atoms with Crippen LogP contribution in [0.25, 0.3) is 0 Å². The van der Waals surface area contributed by atoms with Gasteiger partial charge in [-0.05, 0) is 18.2 Å². The largest absolute Gasteiger partial charge is 0.240 e. The van der Waals surface area contributed by atoms with Gasteiger partial charge in [0.2, 0.25) is 6.08 Å². The molecule has 0 aliphatic rings. The van der Waals surface area contributed by atoms with Crippen molar-refractivity contribution < 1.29 is 4.79 Å². The number of aliphatic imine (C=N–C) groups is 1. The van der Waals surface area contributed by atoms with Gasteiger partial charge in [0.05, 0.1) is 15.7 Å². The average Bonchev–Trinajstić information content (AvgIpc) is 1.98. The molecule has 0 heterocycles. The van der Waals surface area contributed by atoms with E-state index in [0.717, 1.165) is 0 Å². The maximum Gasteiger partial charge on any atom is 0.240 e. The number of hydrogen-bond donors (Lipinski definition) is 0. The predicted molar refractivity (Wildman–Crippen MR) is 44.2 cm³/mol. The van der Waals surface area contributed by atoms with Crippen LogP contribution in [0.5, 0.6) is 0 Å². The molecule has 2 nitrogen and oxygen atoms in total. The molecule has 0 fully saturated rings. The molecule has 0 N–H and O–H groups in total. The van der Waals surface area contributed by atoms with Crippen LogP contribution in [-0.4, -0.2) is 6.08 Å². The third-order valence-electron chi connectivity index (χ3n) is 1.08. The van der Waals surface area contributed by atoms with Crippen molar-refractivity contribution in [3.63, 3.8) is 0 Å². The van der Waals surface area contributed by atoms with E-state index in [-0.39, 0.29) is 0 Å². The number of nitrogens with zero attached hydrogens (tertiary/aromatic N) is 1. The summed E-state index contributed by atoms with van der Waals surface area (Å²) in [5.74, 6) is 0. The number of benzene rings is 1. The van der Waals surface area contributed by atoms with Crippen molar-refractivity contribution in [1.29, 1.82) is 0 Å². The highest BCUT2D eigenvalue weighted by molar-refractivity contribution is 6.42. The lowest BCUT2D eigenvalue weighted by molar-refractivity contribution is 0.565. The fraction of sp³-hybridized carbons (Fsp3) is 0. The summed E-state index contributed by atoms with van der Waals surface area (Å²) in [4.78, 5) is 13.2. The van der Waals surface area contributed by atoms with Crippen LogP contribution in [0.1, 0.15) is 0 Å². The molecule has 0 spiro atoms. The fourth-order valence-corrected chi connectivity index (χ4v) is 0.900. The van der Waals surface area contributed by atoms with Crippen LogP contribution in [0.4, 0.5) is 5.69 Å². The van der Waals surface area contributed by atoms with Crippen molar-refractivity contribution in [1.82, 2.24) is 0 Å². The van der Waals surface area contributed by atoms with E-state index in [4.69, 9.17) is 23.2 Å². The molecule has 1 aromatic carbocycles. The molecule has 56 valence electrons. The normalized spacial score (nSPS) is 8.91. The van der Waals surface area contributed by atoms with Crippen LogP contribution in [0.15, 0.2) is 23.2 Å². The SMILES string of the molecule is O=[14C]=Nc1ccc(Cl)c(Cl)c1. The number of halogens is 2. The Morgan fingerprint density at radius 3 is 2.55 bits per heavy atom. The third-order valence-corrected chi connectivity index (χ3v) is 1.82. The lowest BCUT2D eigenvalue weighted by Gasteiger charge is -1.93. The molecule has 0 saturated carbocycles. The van der Waals surface area contributed by atoms with Crippen molar-refractivity contribution in [3.05, 3.63) is 28.2 Å². The zero-order valence-corrected chi connectivity index (χ0v) is 6.86. The van der Waals surface area contributed by atoms with Gasteiger partial charge in [-0.1, -0.05) is 23.2 Å². The van der Waals surface area contributed by atoms with Crippen LogP contribution in [0, 0.1) is 0 Å². The number of hydrogen-bond acceptors (Lipinski definition) is 2. The Hall–Kier alpha value is -0.820. The van der Waals surface area contributed by atoms with Crippen molar-refractivity contribution in [2.75, 3.05) is 0 Å². The maximum atomic E-state index is 9.80. The Labute approximate surface area is 73.5 Å². The fourth-order valence-electron chi connectivity index (χ4n) is 0.607. The Bertz CT molecular complexity index is 318. The summed E-state index contributed by atoms with van der Waals surface area (Å²) in [7, 11) is 0. The molecule has 0 saturated heterocycles. The molecule has 1 aromatic rings. The third kappa shape index (κ3) is 2.05. The van der Waals surface area contributed by atoms with Gasteiger partial charge in [0.25, 0.3) is 0 Å². The van der Waals surface area contributed by atoms with Gasteiger partial charge in [-0.3, -0.25) is 0 Å². The smallest absolute Gasteiger partial charge is 0.211 e. The van der Waals surface area contributed by atoms with E-state index >= 15 is 0 Å². The van der Waals surface area contributed by atoms with Gasteiger partial charge in [0, 0.05) is 0 Å². The Morgan fingerprint density at radius 2 is 2.00 bits per heavy atom. The summed E-state index contributed by atoms with van der Waals surface area (Å²) in [6.45, 7) is 0. The highest BCUT2D eigenvalue weighted by Crippen LogP contribution is 2.25. The molecule has 0 bridgehead atoms. The topological polar surface area (TPSA) is 29.4 Å². The van der Waals surface area contributed by atoms with Crippen LogP contribution in [0.2, 0.25) is 10.0 Å². The van der Waals surface area contributed by atoms with Crippen molar-refractivity contribution in [2.24, 2.45) is 4.99 Å². The van der Waals surface area contributed by atoms with E-state index in [1.807, 2.05) is 0 Å². The molecule has 0 radical (unpaired) electrons. The van der Waals surface area contributed by atoms with E-state index in [1.165, 1.54) is 12.1 Å². The lowest BCUT2D eigenvalue weighted by atomic mass is 10.3. The second-order valence-electron chi connectivity index (χ2n) is 1.80. The summed E-state index contributed by atoms with van der Waals surface area (Å²) < 4.78 is 0. The molecule has 0 aliphatic carbocycles. The van der Waals surface area contributed by atoms with E-state index in [0.29, 0.717) is 15.7 Å². The van der Waals surface area contributed by atoms with Gasteiger partial charge in [-0.25, -0.2) is 4.79 Å².